The number of carbonyl (C=O) groups is 2. The number of hydrogen-bond acceptors (Lipinski definition) is 5. The fourth-order valence-electron chi connectivity index (χ4n) is 4.06. The maximum Gasteiger partial charge on any atom is 0.273 e. The molecule has 0 atom stereocenters. The summed E-state index contributed by atoms with van der Waals surface area (Å²) < 4.78 is 0. The second-order valence-electron chi connectivity index (χ2n) is 6.92. The first kappa shape index (κ1) is 15.8. The summed E-state index contributed by atoms with van der Waals surface area (Å²) in [5, 5.41) is 0.707. The number of amides is 2. The standard InChI is InChI=1S/C18H21N5O2/c1-12(24)23-10-9-22(11-18(23)7-4-8-18)16(25)15-13-5-2-3-6-14(13)20-17(19)21-15/h2-3,5-6H,4,7-11H2,1H3,(H2,19,20,21). The quantitative estimate of drug-likeness (QED) is 0.849. The second-order valence-corrected chi connectivity index (χ2v) is 6.92. The summed E-state index contributed by atoms with van der Waals surface area (Å²) in [6, 6.07) is 7.38. The van der Waals surface area contributed by atoms with Crippen LogP contribution in [0.15, 0.2) is 24.3 Å². The summed E-state index contributed by atoms with van der Waals surface area (Å²) in [6.07, 6.45) is 2.99. The number of nitrogens with zero attached hydrogens (tertiary/aromatic N) is 4. The molecule has 2 aliphatic rings. The molecule has 130 valence electrons. The van der Waals surface area contributed by atoms with Crippen molar-refractivity contribution < 1.29 is 9.59 Å². The Morgan fingerprint density at radius 2 is 1.92 bits per heavy atom. The molecule has 1 aliphatic carbocycles. The van der Waals surface area contributed by atoms with E-state index >= 15 is 0 Å². The van der Waals surface area contributed by atoms with Crippen molar-refractivity contribution in [2.75, 3.05) is 25.4 Å². The van der Waals surface area contributed by atoms with Gasteiger partial charge in [-0.1, -0.05) is 18.2 Å². The van der Waals surface area contributed by atoms with Crippen LogP contribution in [0.3, 0.4) is 0 Å². The number of anilines is 1. The van der Waals surface area contributed by atoms with Crippen molar-refractivity contribution in [3.63, 3.8) is 0 Å². The van der Waals surface area contributed by atoms with Crippen LogP contribution in [0.25, 0.3) is 10.9 Å². The lowest BCUT2D eigenvalue weighted by molar-refractivity contribution is -0.144. The van der Waals surface area contributed by atoms with E-state index < -0.39 is 0 Å². The lowest BCUT2D eigenvalue weighted by Gasteiger charge is -2.55. The molecule has 2 heterocycles. The molecule has 1 aliphatic heterocycles. The van der Waals surface area contributed by atoms with Crippen molar-refractivity contribution >= 4 is 28.7 Å². The van der Waals surface area contributed by atoms with E-state index in [0.717, 1.165) is 19.3 Å². The molecule has 1 saturated carbocycles. The third-order valence-electron chi connectivity index (χ3n) is 5.43. The Bertz CT molecular complexity index is 862. The van der Waals surface area contributed by atoms with Gasteiger partial charge in [0, 0.05) is 31.9 Å². The zero-order chi connectivity index (χ0) is 17.6. The summed E-state index contributed by atoms with van der Waals surface area (Å²) in [7, 11) is 0. The van der Waals surface area contributed by atoms with Crippen molar-refractivity contribution in [3.05, 3.63) is 30.0 Å². The Hall–Kier alpha value is -2.70. The first-order valence-corrected chi connectivity index (χ1v) is 8.60. The van der Waals surface area contributed by atoms with E-state index in [2.05, 4.69) is 9.97 Å². The van der Waals surface area contributed by atoms with Crippen LogP contribution in [0.4, 0.5) is 5.95 Å². The number of fused-ring (bicyclic) bond motifs is 1. The Balaban J connectivity index is 1.67. The lowest BCUT2D eigenvalue weighted by Crippen LogP contribution is -2.67. The van der Waals surface area contributed by atoms with Crippen LogP contribution in [-0.2, 0) is 4.79 Å². The van der Waals surface area contributed by atoms with E-state index in [4.69, 9.17) is 5.73 Å². The van der Waals surface area contributed by atoms with Gasteiger partial charge in [0.15, 0.2) is 0 Å². The highest BCUT2D eigenvalue weighted by Gasteiger charge is 2.48. The van der Waals surface area contributed by atoms with Gasteiger partial charge in [0.05, 0.1) is 11.1 Å². The molecule has 0 unspecified atom stereocenters. The molecule has 1 aromatic carbocycles. The molecule has 7 heteroatoms. The molecule has 2 fully saturated rings. The number of hydrogen-bond donors (Lipinski definition) is 1. The zero-order valence-electron chi connectivity index (χ0n) is 14.2. The van der Waals surface area contributed by atoms with Crippen LogP contribution in [-0.4, -0.2) is 56.8 Å². The van der Waals surface area contributed by atoms with Gasteiger partial charge < -0.3 is 15.5 Å². The van der Waals surface area contributed by atoms with Gasteiger partial charge in [-0.05, 0) is 25.3 Å². The molecule has 1 spiro atoms. The molecule has 25 heavy (non-hydrogen) atoms. The van der Waals surface area contributed by atoms with E-state index in [1.807, 2.05) is 34.1 Å². The molecular weight excluding hydrogens is 318 g/mol. The Morgan fingerprint density at radius 1 is 1.16 bits per heavy atom. The normalized spacial score (nSPS) is 19.1. The number of carbonyl (C=O) groups excluding carboxylic acids is 2. The molecule has 2 amide bonds. The fraction of sp³-hybridized carbons (Fsp3) is 0.444. The molecule has 0 bridgehead atoms. The highest BCUT2D eigenvalue weighted by Crippen LogP contribution is 2.40. The molecule has 1 saturated heterocycles. The monoisotopic (exact) mass is 339 g/mol. The highest BCUT2D eigenvalue weighted by molar-refractivity contribution is 6.04. The molecule has 1 aromatic heterocycles. The molecule has 4 rings (SSSR count). The van der Waals surface area contributed by atoms with E-state index in [1.165, 1.54) is 0 Å². The largest absolute Gasteiger partial charge is 0.368 e. The number of benzene rings is 1. The van der Waals surface area contributed by atoms with Gasteiger partial charge in [-0.15, -0.1) is 0 Å². The van der Waals surface area contributed by atoms with E-state index in [-0.39, 0.29) is 23.3 Å². The molecule has 7 nitrogen and oxygen atoms in total. The lowest BCUT2D eigenvalue weighted by atomic mass is 9.73. The van der Waals surface area contributed by atoms with Gasteiger partial charge >= 0.3 is 0 Å². The van der Waals surface area contributed by atoms with Crippen LogP contribution >= 0.6 is 0 Å². The Kier molecular flexibility index (Phi) is 3.59. The number of para-hydroxylation sites is 1. The van der Waals surface area contributed by atoms with Gasteiger partial charge in [-0.25, -0.2) is 9.97 Å². The average molecular weight is 339 g/mol. The number of rotatable bonds is 1. The van der Waals surface area contributed by atoms with Crippen LogP contribution in [0.5, 0.6) is 0 Å². The molecular formula is C18H21N5O2. The van der Waals surface area contributed by atoms with Gasteiger partial charge in [-0.2, -0.15) is 0 Å². The Labute approximate surface area is 145 Å². The summed E-state index contributed by atoms with van der Waals surface area (Å²) in [5.74, 6) is 0.0473. The minimum absolute atomic E-state index is 0.0866. The average Bonchev–Trinajstić information content (AvgIpc) is 2.58. The summed E-state index contributed by atoms with van der Waals surface area (Å²) in [5.41, 5.74) is 6.61. The van der Waals surface area contributed by atoms with E-state index in [9.17, 15) is 9.59 Å². The number of aromatic nitrogens is 2. The van der Waals surface area contributed by atoms with Crippen LogP contribution in [0.2, 0.25) is 0 Å². The van der Waals surface area contributed by atoms with E-state index in [1.54, 1.807) is 6.92 Å². The SMILES string of the molecule is CC(=O)N1CCN(C(=O)c2nc(N)nc3ccccc23)CC12CCC2. The molecule has 2 aromatic rings. The van der Waals surface area contributed by atoms with Crippen molar-refractivity contribution in [1.82, 2.24) is 19.8 Å². The summed E-state index contributed by atoms with van der Waals surface area (Å²) in [4.78, 5) is 37.3. The maximum atomic E-state index is 13.1. The predicted molar refractivity (Wildman–Crippen MR) is 93.8 cm³/mol. The van der Waals surface area contributed by atoms with Crippen LogP contribution < -0.4 is 5.73 Å². The van der Waals surface area contributed by atoms with Crippen molar-refractivity contribution in [2.45, 2.75) is 31.7 Å². The first-order chi connectivity index (χ1) is 12.0. The van der Waals surface area contributed by atoms with Gasteiger partial charge in [-0.3, -0.25) is 9.59 Å². The topological polar surface area (TPSA) is 92.4 Å². The Morgan fingerprint density at radius 3 is 2.60 bits per heavy atom. The van der Waals surface area contributed by atoms with Crippen molar-refractivity contribution in [2.24, 2.45) is 0 Å². The molecule has 0 radical (unpaired) electrons. The first-order valence-electron chi connectivity index (χ1n) is 8.60. The van der Waals surface area contributed by atoms with Crippen molar-refractivity contribution in [3.8, 4) is 0 Å². The number of nitrogens with two attached hydrogens (primary N) is 1. The predicted octanol–water partition coefficient (Wildman–Crippen LogP) is 1.44. The third kappa shape index (κ3) is 2.50. The summed E-state index contributed by atoms with van der Waals surface area (Å²) in [6.45, 7) is 3.25. The number of piperazine rings is 1. The number of nitrogen functional groups attached to an aromatic ring is 1. The van der Waals surface area contributed by atoms with Gasteiger partial charge in [0.2, 0.25) is 11.9 Å². The summed E-state index contributed by atoms with van der Waals surface area (Å²) >= 11 is 0. The van der Waals surface area contributed by atoms with Crippen LogP contribution in [0, 0.1) is 0 Å². The van der Waals surface area contributed by atoms with Crippen molar-refractivity contribution in [1.29, 1.82) is 0 Å². The van der Waals surface area contributed by atoms with E-state index in [0.29, 0.717) is 36.2 Å². The minimum atomic E-state index is -0.200. The van der Waals surface area contributed by atoms with Gasteiger partial charge in [0.25, 0.3) is 5.91 Å². The third-order valence-corrected chi connectivity index (χ3v) is 5.43. The minimum Gasteiger partial charge on any atom is -0.368 e. The fourth-order valence-corrected chi connectivity index (χ4v) is 4.06. The molecule has 2 N–H and O–H groups in total. The van der Waals surface area contributed by atoms with Crippen LogP contribution in [0.1, 0.15) is 36.7 Å². The highest BCUT2D eigenvalue weighted by atomic mass is 16.2. The smallest absolute Gasteiger partial charge is 0.273 e. The second kappa shape index (κ2) is 5.68. The zero-order valence-corrected chi connectivity index (χ0v) is 14.2. The van der Waals surface area contributed by atoms with Gasteiger partial charge in [0.1, 0.15) is 5.69 Å². The maximum absolute atomic E-state index is 13.1.